The maximum absolute atomic E-state index is 4.98. The minimum atomic E-state index is 0.611. The van der Waals surface area contributed by atoms with E-state index in [2.05, 4.69) is 18.8 Å². The highest BCUT2D eigenvalue weighted by Gasteiger charge is 1.93. The van der Waals surface area contributed by atoms with E-state index in [-0.39, 0.29) is 0 Å². The van der Waals surface area contributed by atoms with E-state index in [0.717, 1.165) is 25.4 Å². The molecule has 0 fully saturated rings. The van der Waals surface area contributed by atoms with Crippen LogP contribution in [0, 0.1) is 0 Å². The van der Waals surface area contributed by atoms with Gasteiger partial charge in [0.2, 0.25) is 9.76 Å². The second-order valence-corrected chi connectivity index (χ2v) is 3.85. The van der Waals surface area contributed by atoms with Gasteiger partial charge in [-0.2, -0.15) is 0 Å². The lowest BCUT2D eigenvalue weighted by Gasteiger charge is -2.00. The lowest BCUT2D eigenvalue weighted by atomic mass is 10.2. The van der Waals surface area contributed by atoms with Gasteiger partial charge in [-0.3, -0.25) is 4.99 Å². The second-order valence-electron chi connectivity index (χ2n) is 2.65. The Hall–Kier alpha value is -0.153. The Kier molecular flexibility index (Phi) is 8.83. The minimum Gasteiger partial charge on any atom is -0.421 e. The highest BCUT2D eigenvalue weighted by molar-refractivity contribution is 6.27. The molecule has 0 aromatic carbocycles. The fourth-order valence-electron chi connectivity index (χ4n) is 1.02. The molecule has 0 rings (SSSR count). The highest BCUT2D eigenvalue weighted by atomic mass is 28.2. The van der Waals surface area contributed by atoms with Crippen molar-refractivity contribution in [2.24, 2.45) is 4.99 Å². The first kappa shape index (κ1) is 11.8. The number of aliphatic imine (C=N–C) groups is 1. The van der Waals surface area contributed by atoms with Gasteiger partial charge in [-0.1, -0.05) is 20.3 Å². The zero-order chi connectivity index (χ0) is 9.23. The van der Waals surface area contributed by atoms with Crippen LogP contribution in [-0.2, 0) is 4.43 Å². The summed E-state index contributed by atoms with van der Waals surface area (Å²) in [5.74, 6) is 0. The lowest BCUT2D eigenvalue weighted by Crippen LogP contribution is -2.00. The number of rotatable bonds is 7. The molecule has 0 spiro atoms. The van der Waals surface area contributed by atoms with Gasteiger partial charge in [0.15, 0.2) is 0 Å². The molecule has 2 nitrogen and oxygen atoms in total. The van der Waals surface area contributed by atoms with E-state index in [9.17, 15) is 0 Å². The van der Waals surface area contributed by atoms with E-state index in [1.165, 1.54) is 12.1 Å². The smallest absolute Gasteiger partial charge is 0.230 e. The zero-order valence-electron chi connectivity index (χ0n) is 8.39. The molecule has 0 saturated carbocycles. The topological polar surface area (TPSA) is 21.6 Å². The van der Waals surface area contributed by atoms with E-state index in [1.807, 2.05) is 0 Å². The van der Waals surface area contributed by atoms with Crippen molar-refractivity contribution in [3.63, 3.8) is 0 Å². The summed E-state index contributed by atoms with van der Waals surface area (Å²) in [4.78, 5) is 4.51. The Labute approximate surface area is 78.4 Å². The Bertz CT molecular complexity index is 126. The SMILES string of the molecule is CCCC(CC)=NCC[Si]OC. The summed E-state index contributed by atoms with van der Waals surface area (Å²) in [5, 5.41) is 0. The number of hydrogen-bond acceptors (Lipinski definition) is 2. The van der Waals surface area contributed by atoms with Crippen LogP contribution in [0.3, 0.4) is 0 Å². The minimum absolute atomic E-state index is 0.611. The van der Waals surface area contributed by atoms with Crippen molar-refractivity contribution in [3.8, 4) is 0 Å². The molecule has 0 saturated heterocycles. The molecule has 0 N–H and O–H groups in total. The van der Waals surface area contributed by atoms with Gasteiger partial charge in [-0.15, -0.1) is 0 Å². The summed E-state index contributed by atoms with van der Waals surface area (Å²) >= 11 is 0. The van der Waals surface area contributed by atoms with Crippen LogP contribution in [0.2, 0.25) is 6.04 Å². The largest absolute Gasteiger partial charge is 0.421 e. The maximum atomic E-state index is 4.98. The Morgan fingerprint density at radius 3 is 2.67 bits per heavy atom. The molecule has 0 aliphatic rings. The molecule has 0 atom stereocenters. The van der Waals surface area contributed by atoms with Crippen molar-refractivity contribution in [1.82, 2.24) is 0 Å². The molecule has 0 heterocycles. The number of nitrogens with zero attached hydrogens (tertiary/aromatic N) is 1. The van der Waals surface area contributed by atoms with Crippen LogP contribution < -0.4 is 0 Å². The zero-order valence-corrected chi connectivity index (χ0v) is 9.39. The van der Waals surface area contributed by atoms with Gasteiger partial charge < -0.3 is 4.43 Å². The monoisotopic (exact) mass is 185 g/mol. The van der Waals surface area contributed by atoms with Crippen molar-refractivity contribution in [1.29, 1.82) is 0 Å². The van der Waals surface area contributed by atoms with Gasteiger partial charge >= 0.3 is 0 Å². The number of hydrogen-bond donors (Lipinski definition) is 0. The van der Waals surface area contributed by atoms with Gasteiger partial charge in [0.05, 0.1) is 0 Å². The third kappa shape index (κ3) is 6.55. The first-order valence-electron chi connectivity index (χ1n) is 4.63. The molecule has 0 amide bonds. The van der Waals surface area contributed by atoms with E-state index < -0.39 is 0 Å². The molecule has 12 heavy (non-hydrogen) atoms. The summed E-state index contributed by atoms with van der Waals surface area (Å²) in [7, 11) is 2.36. The summed E-state index contributed by atoms with van der Waals surface area (Å²) in [6.45, 7) is 5.31. The van der Waals surface area contributed by atoms with Crippen molar-refractivity contribution in [2.75, 3.05) is 13.7 Å². The molecule has 70 valence electrons. The van der Waals surface area contributed by atoms with Crippen molar-refractivity contribution >= 4 is 15.5 Å². The molecular weight excluding hydrogens is 166 g/mol. The molecule has 0 aliphatic carbocycles. The fraction of sp³-hybridized carbons (Fsp3) is 0.889. The van der Waals surface area contributed by atoms with Gasteiger partial charge in [0.1, 0.15) is 0 Å². The van der Waals surface area contributed by atoms with Crippen molar-refractivity contribution in [2.45, 2.75) is 39.2 Å². The molecule has 3 heteroatoms. The molecule has 0 aliphatic heterocycles. The molecule has 0 aromatic heterocycles. The fourth-order valence-corrected chi connectivity index (χ4v) is 1.43. The van der Waals surface area contributed by atoms with Gasteiger partial charge in [0, 0.05) is 19.4 Å². The van der Waals surface area contributed by atoms with Crippen LogP contribution in [0.5, 0.6) is 0 Å². The maximum Gasteiger partial charge on any atom is 0.230 e. The average Bonchev–Trinajstić information content (AvgIpc) is 2.10. The predicted octanol–water partition coefficient (Wildman–Crippen LogP) is 2.32. The molecular formula is C9H19NOSi. The predicted molar refractivity (Wildman–Crippen MR) is 55.1 cm³/mol. The summed E-state index contributed by atoms with van der Waals surface area (Å²) < 4.78 is 4.98. The van der Waals surface area contributed by atoms with Gasteiger partial charge in [-0.05, 0) is 18.9 Å². The molecule has 2 radical (unpaired) electrons. The van der Waals surface area contributed by atoms with Crippen LogP contribution in [0.15, 0.2) is 4.99 Å². The summed E-state index contributed by atoms with van der Waals surface area (Å²) in [6, 6.07) is 1.07. The lowest BCUT2D eigenvalue weighted by molar-refractivity contribution is 0.441. The van der Waals surface area contributed by atoms with Crippen LogP contribution >= 0.6 is 0 Å². The van der Waals surface area contributed by atoms with Crippen molar-refractivity contribution < 1.29 is 4.43 Å². The third-order valence-corrected chi connectivity index (χ3v) is 2.36. The highest BCUT2D eigenvalue weighted by Crippen LogP contribution is 1.97. The summed E-state index contributed by atoms with van der Waals surface area (Å²) in [6.07, 6.45) is 3.47. The molecule has 0 bridgehead atoms. The van der Waals surface area contributed by atoms with Crippen LogP contribution in [0.25, 0.3) is 0 Å². The second kappa shape index (κ2) is 8.94. The summed E-state index contributed by atoms with van der Waals surface area (Å²) in [5.41, 5.74) is 1.36. The van der Waals surface area contributed by atoms with E-state index in [4.69, 9.17) is 4.43 Å². The van der Waals surface area contributed by atoms with E-state index in [0.29, 0.717) is 9.76 Å². The van der Waals surface area contributed by atoms with Crippen LogP contribution in [-0.4, -0.2) is 29.1 Å². The Morgan fingerprint density at radius 2 is 2.17 bits per heavy atom. The van der Waals surface area contributed by atoms with Crippen molar-refractivity contribution in [3.05, 3.63) is 0 Å². The standard InChI is InChI=1S/C9H19NOSi/c1-4-6-9(5-2)10-7-8-12-11-3/h4-8H2,1-3H3. The van der Waals surface area contributed by atoms with Crippen LogP contribution in [0.1, 0.15) is 33.1 Å². The quantitative estimate of drug-likeness (QED) is 0.339. The molecule has 0 unspecified atom stereocenters. The Balaban J connectivity index is 3.48. The van der Waals surface area contributed by atoms with E-state index >= 15 is 0 Å². The van der Waals surface area contributed by atoms with Gasteiger partial charge in [0.25, 0.3) is 0 Å². The first-order valence-corrected chi connectivity index (χ1v) is 5.74. The first-order chi connectivity index (χ1) is 5.85. The average molecular weight is 185 g/mol. The third-order valence-electron chi connectivity index (χ3n) is 1.64. The molecule has 0 aromatic rings. The van der Waals surface area contributed by atoms with E-state index in [1.54, 1.807) is 7.11 Å². The normalized spacial score (nSPS) is 12.1. The van der Waals surface area contributed by atoms with Crippen LogP contribution in [0.4, 0.5) is 0 Å². The Morgan fingerprint density at radius 1 is 1.42 bits per heavy atom. The van der Waals surface area contributed by atoms with Gasteiger partial charge in [-0.25, -0.2) is 0 Å².